The second-order valence-corrected chi connectivity index (χ2v) is 4.48. The molecule has 0 radical (unpaired) electrons. The van der Waals surface area contributed by atoms with E-state index in [-0.39, 0.29) is 11.9 Å². The van der Waals surface area contributed by atoms with Gasteiger partial charge < -0.3 is 9.64 Å². The molecular weight excluding hydrogens is 232 g/mol. The van der Waals surface area contributed by atoms with Crippen LogP contribution in [0.15, 0.2) is 30.3 Å². The molecule has 1 unspecified atom stereocenters. The molecule has 0 aliphatic carbocycles. The molecule has 0 N–H and O–H groups in total. The Morgan fingerprint density at radius 1 is 1.22 bits per heavy atom. The molecule has 2 heterocycles. The first kappa shape index (κ1) is 11.2. The number of hydrogen-bond donors (Lipinski definition) is 0. The standard InChI is InChI=1S/C13H14N2O3/c16-12-11-9-18-7-6-14(11)13(17)15(12)8-10-4-2-1-3-5-10/h1-5,11H,6-9H2. The third-order valence-electron chi connectivity index (χ3n) is 3.34. The number of carbonyl (C=O) groups excluding carboxylic acids is 2. The van der Waals surface area contributed by atoms with Gasteiger partial charge in [0, 0.05) is 6.54 Å². The van der Waals surface area contributed by atoms with Crippen molar-refractivity contribution < 1.29 is 14.3 Å². The zero-order valence-electron chi connectivity index (χ0n) is 9.91. The number of urea groups is 1. The van der Waals surface area contributed by atoms with Crippen LogP contribution in [0, 0.1) is 0 Å². The third-order valence-corrected chi connectivity index (χ3v) is 3.34. The average molecular weight is 246 g/mol. The van der Waals surface area contributed by atoms with E-state index < -0.39 is 6.04 Å². The van der Waals surface area contributed by atoms with Crippen LogP contribution in [-0.2, 0) is 16.1 Å². The van der Waals surface area contributed by atoms with Crippen molar-refractivity contribution >= 4 is 11.9 Å². The Hall–Kier alpha value is -1.88. The highest BCUT2D eigenvalue weighted by molar-refractivity contribution is 6.04. The van der Waals surface area contributed by atoms with Gasteiger partial charge in [0.2, 0.25) is 0 Å². The van der Waals surface area contributed by atoms with E-state index in [1.54, 1.807) is 4.90 Å². The van der Waals surface area contributed by atoms with Crippen LogP contribution in [0.1, 0.15) is 5.56 Å². The Morgan fingerprint density at radius 3 is 2.72 bits per heavy atom. The lowest BCUT2D eigenvalue weighted by Gasteiger charge is -2.26. The van der Waals surface area contributed by atoms with Crippen LogP contribution in [0.25, 0.3) is 0 Å². The number of imide groups is 1. The minimum Gasteiger partial charge on any atom is -0.377 e. The molecule has 0 saturated carbocycles. The molecule has 5 heteroatoms. The van der Waals surface area contributed by atoms with Gasteiger partial charge in [-0.1, -0.05) is 30.3 Å². The van der Waals surface area contributed by atoms with Crippen LogP contribution in [-0.4, -0.2) is 47.5 Å². The van der Waals surface area contributed by atoms with Gasteiger partial charge in [0.1, 0.15) is 6.04 Å². The topological polar surface area (TPSA) is 49.9 Å². The molecule has 2 aliphatic heterocycles. The summed E-state index contributed by atoms with van der Waals surface area (Å²) in [7, 11) is 0. The summed E-state index contributed by atoms with van der Waals surface area (Å²) in [4.78, 5) is 27.2. The van der Waals surface area contributed by atoms with E-state index in [1.165, 1.54) is 4.90 Å². The van der Waals surface area contributed by atoms with Gasteiger partial charge >= 0.3 is 6.03 Å². The van der Waals surface area contributed by atoms with Crippen LogP contribution < -0.4 is 0 Å². The largest absolute Gasteiger partial charge is 0.377 e. The van der Waals surface area contributed by atoms with Gasteiger partial charge in [-0.15, -0.1) is 0 Å². The first-order valence-corrected chi connectivity index (χ1v) is 6.01. The van der Waals surface area contributed by atoms with E-state index in [9.17, 15) is 9.59 Å². The fourth-order valence-corrected chi connectivity index (χ4v) is 2.38. The van der Waals surface area contributed by atoms with Crippen molar-refractivity contribution in [2.45, 2.75) is 12.6 Å². The molecule has 1 aromatic carbocycles. The Morgan fingerprint density at radius 2 is 2.00 bits per heavy atom. The van der Waals surface area contributed by atoms with Crippen molar-refractivity contribution in [2.24, 2.45) is 0 Å². The SMILES string of the molecule is O=C1C2COCCN2C(=O)N1Cc1ccccc1. The smallest absolute Gasteiger partial charge is 0.327 e. The van der Waals surface area contributed by atoms with Crippen LogP contribution in [0.5, 0.6) is 0 Å². The molecular formula is C13H14N2O3. The zero-order valence-corrected chi connectivity index (χ0v) is 9.91. The molecule has 2 aliphatic rings. The second kappa shape index (κ2) is 4.42. The third kappa shape index (κ3) is 1.76. The number of fused-ring (bicyclic) bond motifs is 1. The highest BCUT2D eigenvalue weighted by Gasteiger charge is 2.46. The van der Waals surface area contributed by atoms with Gasteiger partial charge in [0.25, 0.3) is 5.91 Å². The molecule has 0 aromatic heterocycles. The summed E-state index contributed by atoms with van der Waals surface area (Å²) < 4.78 is 5.26. The molecule has 1 aromatic rings. The Labute approximate surface area is 105 Å². The predicted octanol–water partition coefficient (Wildman–Crippen LogP) is 0.850. The predicted molar refractivity (Wildman–Crippen MR) is 63.7 cm³/mol. The van der Waals surface area contributed by atoms with Crippen molar-refractivity contribution in [3.8, 4) is 0 Å². The molecule has 94 valence electrons. The normalized spacial score (nSPS) is 23.4. The maximum absolute atomic E-state index is 12.1. The lowest BCUT2D eigenvalue weighted by Crippen LogP contribution is -2.45. The molecule has 3 rings (SSSR count). The first-order valence-electron chi connectivity index (χ1n) is 6.01. The average Bonchev–Trinajstić information content (AvgIpc) is 2.66. The lowest BCUT2D eigenvalue weighted by molar-refractivity contribution is -0.131. The number of rotatable bonds is 2. The number of ether oxygens (including phenoxy) is 1. The second-order valence-electron chi connectivity index (χ2n) is 4.48. The summed E-state index contributed by atoms with van der Waals surface area (Å²) in [5, 5.41) is 0. The van der Waals surface area contributed by atoms with Crippen LogP contribution in [0.2, 0.25) is 0 Å². The van der Waals surface area contributed by atoms with Gasteiger partial charge in [-0.2, -0.15) is 0 Å². The summed E-state index contributed by atoms with van der Waals surface area (Å²) in [5.74, 6) is -0.149. The summed E-state index contributed by atoms with van der Waals surface area (Å²) in [6, 6.07) is 8.91. The monoisotopic (exact) mass is 246 g/mol. The van der Waals surface area contributed by atoms with E-state index in [4.69, 9.17) is 4.74 Å². The number of carbonyl (C=O) groups is 2. The molecule has 18 heavy (non-hydrogen) atoms. The van der Waals surface area contributed by atoms with Gasteiger partial charge in [0.05, 0.1) is 19.8 Å². The van der Waals surface area contributed by atoms with Crippen LogP contribution >= 0.6 is 0 Å². The van der Waals surface area contributed by atoms with Crippen LogP contribution in [0.3, 0.4) is 0 Å². The number of amides is 3. The maximum Gasteiger partial charge on any atom is 0.327 e. The van der Waals surface area contributed by atoms with Crippen molar-refractivity contribution in [1.82, 2.24) is 9.80 Å². The highest BCUT2D eigenvalue weighted by atomic mass is 16.5. The quantitative estimate of drug-likeness (QED) is 0.727. The Kier molecular flexibility index (Phi) is 2.76. The lowest BCUT2D eigenvalue weighted by atomic mass is 10.2. The number of morpholine rings is 1. The summed E-state index contributed by atoms with van der Waals surface area (Å²) >= 11 is 0. The molecule has 5 nitrogen and oxygen atoms in total. The Balaban J connectivity index is 1.80. The van der Waals surface area contributed by atoms with E-state index in [0.29, 0.717) is 26.3 Å². The molecule has 2 fully saturated rings. The van der Waals surface area contributed by atoms with Gasteiger partial charge in [0.15, 0.2) is 0 Å². The summed E-state index contributed by atoms with van der Waals surface area (Å²) in [6.45, 7) is 1.66. The highest BCUT2D eigenvalue weighted by Crippen LogP contribution is 2.22. The summed E-state index contributed by atoms with van der Waals surface area (Å²) in [6.07, 6.45) is 0. The molecule has 2 saturated heterocycles. The minimum atomic E-state index is -0.421. The fraction of sp³-hybridized carbons (Fsp3) is 0.385. The zero-order chi connectivity index (χ0) is 12.5. The van der Waals surface area contributed by atoms with Crippen molar-refractivity contribution in [3.63, 3.8) is 0 Å². The number of benzene rings is 1. The van der Waals surface area contributed by atoms with E-state index in [1.807, 2.05) is 30.3 Å². The van der Waals surface area contributed by atoms with E-state index in [0.717, 1.165) is 5.56 Å². The Bertz CT molecular complexity index is 450. The van der Waals surface area contributed by atoms with E-state index in [2.05, 4.69) is 0 Å². The molecule has 0 spiro atoms. The molecule has 0 bridgehead atoms. The van der Waals surface area contributed by atoms with Crippen molar-refractivity contribution in [1.29, 1.82) is 0 Å². The van der Waals surface area contributed by atoms with Crippen molar-refractivity contribution in [2.75, 3.05) is 19.8 Å². The summed E-state index contributed by atoms with van der Waals surface area (Å²) in [5.41, 5.74) is 0.958. The fourth-order valence-electron chi connectivity index (χ4n) is 2.38. The molecule has 3 amide bonds. The first-order chi connectivity index (χ1) is 8.77. The van der Waals surface area contributed by atoms with Gasteiger partial charge in [-0.25, -0.2) is 4.79 Å². The van der Waals surface area contributed by atoms with Gasteiger partial charge in [-0.3, -0.25) is 9.69 Å². The van der Waals surface area contributed by atoms with Gasteiger partial charge in [-0.05, 0) is 5.56 Å². The maximum atomic E-state index is 12.1. The minimum absolute atomic E-state index is 0.149. The number of hydrogen-bond acceptors (Lipinski definition) is 3. The number of nitrogens with zero attached hydrogens (tertiary/aromatic N) is 2. The van der Waals surface area contributed by atoms with Crippen molar-refractivity contribution in [3.05, 3.63) is 35.9 Å². The van der Waals surface area contributed by atoms with Crippen LogP contribution in [0.4, 0.5) is 4.79 Å². The van der Waals surface area contributed by atoms with E-state index >= 15 is 0 Å². The molecule has 1 atom stereocenters.